The summed E-state index contributed by atoms with van der Waals surface area (Å²) < 4.78 is 9.45. The maximum absolute atomic E-state index is 11.6. The number of ether oxygens (including phenoxy) is 2. The molecule has 6 nitrogen and oxygen atoms in total. The van der Waals surface area contributed by atoms with Gasteiger partial charge in [-0.05, 0) is 12.8 Å². The van der Waals surface area contributed by atoms with Gasteiger partial charge in [-0.2, -0.15) is 0 Å². The van der Waals surface area contributed by atoms with Crippen molar-refractivity contribution in [3.05, 3.63) is 12.7 Å². The molecule has 7 heteroatoms. The predicted octanol–water partition coefficient (Wildman–Crippen LogP) is 0.560. The average molecular weight is 358 g/mol. The van der Waals surface area contributed by atoms with Gasteiger partial charge in [-0.1, -0.05) is 6.42 Å². The molecule has 109 valence electrons. The van der Waals surface area contributed by atoms with Crippen LogP contribution in [-0.2, 0) is 43.3 Å². The number of hydrogen-bond acceptors (Lipinski definition) is 5. The van der Waals surface area contributed by atoms with Crippen molar-refractivity contribution >= 4 is 17.9 Å². The smallest absolute Gasteiger partial charge is 0.309 e. The van der Waals surface area contributed by atoms with Crippen molar-refractivity contribution in [1.82, 2.24) is 0 Å². The molecule has 2 unspecified atom stereocenters. The Balaban J connectivity index is 0.00000324. The molecule has 1 fully saturated rings. The summed E-state index contributed by atoms with van der Waals surface area (Å²) in [5, 5.41) is 8.92. The van der Waals surface area contributed by atoms with Gasteiger partial charge in [0.2, 0.25) is 0 Å². The summed E-state index contributed by atoms with van der Waals surface area (Å²) >= 11 is 0. The zero-order chi connectivity index (χ0) is 13.5. The predicted molar refractivity (Wildman–Crippen MR) is 59.3 cm³/mol. The molecule has 1 aliphatic carbocycles. The van der Waals surface area contributed by atoms with E-state index in [0.717, 1.165) is 0 Å². The normalized spacial score (nSPS) is 21.1. The fourth-order valence-electron chi connectivity index (χ4n) is 1.97. The van der Waals surface area contributed by atoms with Crippen LogP contribution < -0.4 is 0 Å². The van der Waals surface area contributed by atoms with Gasteiger partial charge in [-0.15, -0.1) is 0 Å². The van der Waals surface area contributed by atoms with Crippen LogP contribution in [0.5, 0.6) is 0 Å². The minimum absolute atomic E-state index is 0. The van der Waals surface area contributed by atoms with E-state index in [0.29, 0.717) is 19.3 Å². The summed E-state index contributed by atoms with van der Waals surface area (Å²) in [4.78, 5) is 33.1. The molecule has 0 spiro atoms. The van der Waals surface area contributed by atoms with E-state index in [1.807, 2.05) is 6.08 Å². The Bertz CT molecular complexity index is 354. The Labute approximate surface area is 123 Å². The van der Waals surface area contributed by atoms with Crippen molar-refractivity contribution in [2.75, 3.05) is 13.2 Å². The summed E-state index contributed by atoms with van der Waals surface area (Å²) in [6.07, 6.45) is 3.73. The first-order valence-corrected chi connectivity index (χ1v) is 5.65. The molecule has 1 rings (SSSR count). The number of carbonyl (C=O) groups is 3. The van der Waals surface area contributed by atoms with Crippen molar-refractivity contribution in [2.24, 2.45) is 11.8 Å². The minimum atomic E-state index is -0.970. The monoisotopic (exact) mass is 358 g/mol. The Kier molecular flexibility index (Phi) is 8.23. The summed E-state index contributed by atoms with van der Waals surface area (Å²) in [6, 6.07) is 0. The molecule has 1 saturated carbocycles. The van der Waals surface area contributed by atoms with Gasteiger partial charge in [0, 0.05) is 19.5 Å². The van der Waals surface area contributed by atoms with E-state index < -0.39 is 29.7 Å². The van der Waals surface area contributed by atoms with Gasteiger partial charge in [-0.3, -0.25) is 21.0 Å². The van der Waals surface area contributed by atoms with Crippen LogP contribution >= 0.6 is 0 Å². The molecule has 0 aliphatic heterocycles. The number of esters is 2. The Hall–Kier alpha value is -1.23. The van der Waals surface area contributed by atoms with E-state index in [-0.39, 0.29) is 32.7 Å². The first-order valence-electron chi connectivity index (χ1n) is 5.65. The second kappa shape index (κ2) is 8.80. The van der Waals surface area contributed by atoms with Crippen LogP contribution in [0.15, 0.2) is 6.58 Å². The first kappa shape index (κ1) is 17.8. The minimum Gasteiger partial charge on any atom is -0.486 e. The van der Waals surface area contributed by atoms with E-state index >= 15 is 0 Å². The van der Waals surface area contributed by atoms with Gasteiger partial charge >= 0.3 is 11.9 Å². The molecule has 0 amide bonds. The average Bonchev–Trinajstić information content (AvgIpc) is 2.83. The molecule has 0 saturated heterocycles. The number of carboxylic acids is 1. The second-order valence-electron chi connectivity index (χ2n) is 3.96. The van der Waals surface area contributed by atoms with Gasteiger partial charge in [0.25, 0.3) is 0 Å². The fraction of sp³-hybridized carbons (Fsp3) is 0.583. The molecular formula is C12H15O6Rh-. The number of aliphatic carboxylic acids is 1. The quantitative estimate of drug-likeness (QED) is 0.245. The van der Waals surface area contributed by atoms with E-state index in [1.54, 1.807) is 0 Å². The summed E-state index contributed by atoms with van der Waals surface area (Å²) in [5.41, 5.74) is 0. The number of carboxylic acid groups (broad SMARTS) is 1. The van der Waals surface area contributed by atoms with Crippen molar-refractivity contribution in [3.63, 3.8) is 0 Å². The van der Waals surface area contributed by atoms with Crippen LogP contribution in [0.25, 0.3) is 0 Å². The SMILES string of the molecule is C=[C-]C(=O)OCCOC(=O)C1CCCC1C(=O)O.[Rh]. The molecular weight excluding hydrogens is 343 g/mol. The third-order valence-electron chi connectivity index (χ3n) is 2.84. The zero-order valence-electron chi connectivity index (χ0n) is 10.2. The maximum Gasteiger partial charge on any atom is 0.309 e. The first-order chi connectivity index (χ1) is 8.56. The molecule has 0 aromatic rings. The molecule has 2 atom stereocenters. The van der Waals surface area contributed by atoms with Crippen LogP contribution in [0.3, 0.4) is 0 Å². The second-order valence-corrected chi connectivity index (χ2v) is 3.96. The zero-order valence-corrected chi connectivity index (χ0v) is 11.9. The molecule has 0 heterocycles. The Morgan fingerprint density at radius 2 is 1.74 bits per heavy atom. The third kappa shape index (κ3) is 5.51. The summed E-state index contributed by atoms with van der Waals surface area (Å²) in [6.45, 7) is 2.92. The largest absolute Gasteiger partial charge is 0.486 e. The molecule has 1 radical (unpaired) electrons. The van der Waals surface area contributed by atoms with Crippen molar-refractivity contribution in [2.45, 2.75) is 19.3 Å². The van der Waals surface area contributed by atoms with E-state index in [1.165, 1.54) is 0 Å². The summed E-state index contributed by atoms with van der Waals surface area (Å²) in [7, 11) is 0. The van der Waals surface area contributed by atoms with Crippen LogP contribution in [0.2, 0.25) is 0 Å². The standard InChI is InChI=1S/C12H15O6.Rh/c1-2-10(13)17-6-7-18-12(16)9-5-3-4-8(9)11(14)15;/h8-9H,1,3-7H2,(H,14,15);/q-1;. The van der Waals surface area contributed by atoms with Gasteiger partial charge < -0.3 is 20.7 Å². The van der Waals surface area contributed by atoms with Gasteiger partial charge in [0.05, 0.1) is 11.8 Å². The molecule has 0 aromatic heterocycles. The van der Waals surface area contributed by atoms with E-state index in [2.05, 4.69) is 11.3 Å². The number of carbonyl (C=O) groups excluding carboxylic acids is 2. The third-order valence-corrected chi connectivity index (χ3v) is 2.84. The van der Waals surface area contributed by atoms with Crippen LogP contribution in [-0.4, -0.2) is 36.2 Å². The Morgan fingerprint density at radius 3 is 2.32 bits per heavy atom. The van der Waals surface area contributed by atoms with E-state index in [4.69, 9.17) is 9.84 Å². The van der Waals surface area contributed by atoms with Crippen molar-refractivity contribution < 1.29 is 48.4 Å². The van der Waals surface area contributed by atoms with Gasteiger partial charge in [0.1, 0.15) is 19.2 Å². The number of hydrogen-bond donors (Lipinski definition) is 1. The maximum atomic E-state index is 11.6. The van der Waals surface area contributed by atoms with Crippen LogP contribution in [0, 0.1) is 17.9 Å². The fourth-order valence-corrected chi connectivity index (χ4v) is 1.97. The molecule has 19 heavy (non-hydrogen) atoms. The topological polar surface area (TPSA) is 89.9 Å². The molecule has 0 aromatic carbocycles. The van der Waals surface area contributed by atoms with Gasteiger partial charge in [-0.25, -0.2) is 0 Å². The van der Waals surface area contributed by atoms with Crippen molar-refractivity contribution in [1.29, 1.82) is 0 Å². The molecule has 1 aliphatic rings. The summed E-state index contributed by atoms with van der Waals surface area (Å²) in [5.74, 6) is -3.48. The van der Waals surface area contributed by atoms with Crippen LogP contribution in [0.4, 0.5) is 0 Å². The van der Waals surface area contributed by atoms with E-state index in [9.17, 15) is 14.4 Å². The molecule has 1 N–H and O–H groups in total. The molecule has 0 bridgehead atoms. The van der Waals surface area contributed by atoms with Crippen molar-refractivity contribution in [3.8, 4) is 0 Å². The number of rotatable bonds is 6. The van der Waals surface area contributed by atoms with Gasteiger partial charge in [0.15, 0.2) is 0 Å². The van der Waals surface area contributed by atoms with Crippen LogP contribution in [0.1, 0.15) is 19.3 Å². The Morgan fingerprint density at radius 1 is 1.16 bits per heavy atom.